The summed E-state index contributed by atoms with van der Waals surface area (Å²) in [6.07, 6.45) is 1.87. The van der Waals surface area contributed by atoms with Gasteiger partial charge in [0.2, 0.25) is 5.89 Å². The molecular formula is C10H19N3O. The third kappa shape index (κ3) is 3.10. The van der Waals surface area contributed by atoms with Crippen LogP contribution in [0.4, 0.5) is 0 Å². The summed E-state index contributed by atoms with van der Waals surface area (Å²) in [6, 6.07) is 0.490. The lowest BCUT2D eigenvalue weighted by Gasteiger charge is -2.06. The van der Waals surface area contributed by atoms with Gasteiger partial charge in [0.15, 0.2) is 5.82 Å². The maximum atomic E-state index is 5.13. The highest BCUT2D eigenvalue weighted by molar-refractivity contribution is 4.91. The molecule has 0 saturated carbocycles. The van der Waals surface area contributed by atoms with E-state index in [1.807, 2.05) is 7.05 Å². The highest BCUT2D eigenvalue weighted by Gasteiger charge is 2.10. The SMILES string of the molecule is CNC(C)CCc1nc(C(C)C)no1. The normalized spacial score (nSPS) is 13.5. The summed E-state index contributed by atoms with van der Waals surface area (Å²) in [5.41, 5.74) is 0. The molecule has 4 heteroatoms. The summed E-state index contributed by atoms with van der Waals surface area (Å²) in [5, 5.41) is 7.09. The van der Waals surface area contributed by atoms with Gasteiger partial charge in [-0.05, 0) is 20.4 Å². The lowest BCUT2D eigenvalue weighted by atomic mass is 10.2. The Morgan fingerprint density at radius 1 is 1.36 bits per heavy atom. The molecule has 1 aromatic rings. The minimum atomic E-state index is 0.342. The van der Waals surface area contributed by atoms with Crippen LogP contribution in [-0.4, -0.2) is 23.2 Å². The predicted molar refractivity (Wildman–Crippen MR) is 55.2 cm³/mol. The van der Waals surface area contributed by atoms with E-state index in [-0.39, 0.29) is 0 Å². The molecule has 0 aliphatic heterocycles. The molecule has 0 spiro atoms. The van der Waals surface area contributed by atoms with E-state index in [0.29, 0.717) is 12.0 Å². The van der Waals surface area contributed by atoms with Crippen LogP contribution in [0.25, 0.3) is 0 Å². The zero-order chi connectivity index (χ0) is 10.6. The van der Waals surface area contributed by atoms with Crippen molar-refractivity contribution in [1.82, 2.24) is 15.5 Å². The Balaban J connectivity index is 2.44. The first kappa shape index (κ1) is 11.2. The van der Waals surface area contributed by atoms with Crippen molar-refractivity contribution in [3.8, 4) is 0 Å². The molecule has 1 rings (SSSR count). The van der Waals surface area contributed by atoms with Crippen molar-refractivity contribution in [3.63, 3.8) is 0 Å². The summed E-state index contributed by atoms with van der Waals surface area (Å²) in [7, 11) is 1.96. The topological polar surface area (TPSA) is 51.0 Å². The number of nitrogens with one attached hydrogen (secondary N) is 1. The Labute approximate surface area is 85.1 Å². The zero-order valence-electron chi connectivity index (χ0n) is 9.37. The molecule has 4 nitrogen and oxygen atoms in total. The second-order valence-corrected chi connectivity index (χ2v) is 3.93. The molecule has 1 heterocycles. The number of aromatic nitrogens is 2. The van der Waals surface area contributed by atoms with Crippen LogP contribution in [0.1, 0.15) is 44.8 Å². The summed E-state index contributed by atoms with van der Waals surface area (Å²) >= 11 is 0. The van der Waals surface area contributed by atoms with Gasteiger partial charge in [-0.2, -0.15) is 4.98 Å². The fourth-order valence-corrected chi connectivity index (χ4v) is 1.09. The number of rotatable bonds is 5. The molecule has 0 saturated heterocycles. The van der Waals surface area contributed by atoms with E-state index in [0.717, 1.165) is 24.6 Å². The van der Waals surface area contributed by atoms with Crippen LogP contribution in [-0.2, 0) is 6.42 Å². The van der Waals surface area contributed by atoms with Gasteiger partial charge >= 0.3 is 0 Å². The van der Waals surface area contributed by atoms with Crippen molar-refractivity contribution in [2.24, 2.45) is 0 Å². The molecule has 0 aliphatic carbocycles. The second-order valence-electron chi connectivity index (χ2n) is 3.93. The third-order valence-corrected chi connectivity index (χ3v) is 2.28. The fourth-order valence-electron chi connectivity index (χ4n) is 1.09. The van der Waals surface area contributed by atoms with Crippen molar-refractivity contribution in [1.29, 1.82) is 0 Å². The van der Waals surface area contributed by atoms with Crippen LogP contribution in [0.5, 0.6) is 0 Å². The Morgan fingerprint density at radius 2 is 2.07 bits per heavy atom. The van der Waals surface area contributed by atoms with E-state index >= 15 is 0 Å². The minimum Gasteiger partial charge on any atom is -0.339 e. The monoisotopic (exact) mass is 197 g/mol. The summed E-state index contributed by atoms with van der Waals surface area (Å²) in [6.45, 7) is 6.26. The minimum absolute atomic E-state index is 0.342. The van der Waals surface area contributed by atoms with Gasteiger partial charge in [0.05, 0.1) is 0 Å². The van der Waals surface area contributed by atoms with Gasteiger partial charge in [0.25, 0.3) is 0 Å². The van der Waals surface area contributed by atoms with Crippen molar-refractivity contribution in [2.45, 2.75) is 45.6 Å². The van der Waals surface area contributed by atoms with Crippen molar-refractivity contribution < 1.29 is 4.52 Å². The van der Waals surface area contributed by atoms with E-state index < -0.39 is 0 Å². The quantitative estimate of drug-likeness (QED) is 0.781. The molecule has 1 atom stereocenters. The Morgan fingerprint density at radius 3 is 2.57 bits per heavy atom. The average Bonchev–Trinajstić information content (AvgIpc) is 2.62. The number of nitrogens with zero attached hydrogens (tertiary/aromatic N) is 2. The summed E-state index contributed by atoms with van der Waals surface area (Å²) < 4.78 is 5.13. The number of hydrogen-bond donors (Lipinski definition) is 1. The maximum Gasteiger partial charge on any atom is 0.226 e. The standard InChI is InChI=1S/C10H19N3O/c1-7(2)10-12-9(14-13-10)6-5-8(3)11-4/h7-8,11H,5-6H2,1-4H3. The Kier molecular flexibility index (Phi) is 4.07. The summed E-state index contributed by atoms with van der Waals surface area (Å²) in [5.74, 6) is 1.89. The molecule has 1 N–H and O–H groups in total. The first-order valence-electron chi connectivity index (χ1n) is 5.13. The second kappa shape index (κ2) is 5.10. The maximum absolute atomic E-state index is 5.13. The van der Waals surface area contributed by atoms with E-state index in [4.69, 9.17) is 4.52 Å². The molecular weight excluding hydrogens is 178 g/mol. The fraction of sp³-hybridized carbons (Fsp3) is 0.800. The van der Waals surface area contributed by atoms with Crippen LogP contribution in [0.3, 0.4) is 0 Å². The average molecular weight is 197 g/mol. The smallest absolute Gasteiger partial charge is 0.226 e. The molecule has 0 fully saturated rings. The predicted octanol–water partition coefficient (Wildman–Crippen LogP) is 1.73. The van der Waals surface area contributed by atoms with Gasteiger partial charge in [-0.15, -0.1) is 0 Å². The van der Waals surface area contributed by atoms with E-state index in [1.165, 1.54) is 0 Å². The van der Waals surface area contributed by atoms with E-state index in [2.05, 4.69) is 36.2 Å². The zero-order valence-corrected chi connectivity index (χ0v) is 9.37. The van der Waals surface area contributed by atoms with Gasteiger partial charge in [0.1, 0.15) is 0 Å². The van der Waals surface area contributed by atoms with Crippen LogP contribution in [0.2, 0.25) is 0 Å². The van der Waals surface area contributed by atoms with Gasteiger partial charge in [-0.25, -0.2) is 0 Å². The van der Waals surface area contributed by atoms with E-state index in [1.54, 1.807) is 0 Å². The van der Waals surface area contributed by atoms with Crippen LogP contribution in [0, 0.1) is 0 Å². The first-order chi connectivity index (χ1) is 6.63. The van der Waals surface area contributed by atoms with Gasteiger partial charge in [-0.3, -0.25) is 0 Å². The molecule has 80 valence electrons. The molecule has 0 aliphatic rings. The highest BCUT2D eigenvalue weighted by atomic mass is 16.5. The number of hydrogen-bond acceptors (Lipinski definition) is 4. The summed E-state index contributed by atoms with van der Waals surface area (Å²) in [4.78, 5) is 4.31. The Bertz CT molecular complexity index is 270. The van der Waals surface area contributed by atoms with Crippen molar-refractivity contribution >= 4 is 0 Å². The van der Waals surface area contributed by atoms with Crippen molar-refractivity contribution in [2.75, 3.05) is 7.05 Å². The number of aryl methyl sites for hydroxylation is 1. The van der Waals surface area contributed by atoms with Crippen LogP contribution < -0.4 is 5.32 Å². The van der Waals surface area contributed by atoms with Gasteiger partial charge in [-0.1, -0.05) is 19.0 Å². The van der Waals surface area contributed by atoms with Crippen LogP contribution >= 0.6 is 0 Å². The first-order valence-corrected chi connectivity index (χ1v) is 5.13. The van der Waals surface area contributed by atoms with Gasteiger partial charge in [0, 0.05) is 18.4 Å². The van der Waals surface area contributed by atoms with Crippen molar-refractivity contribution in [3.05, 3.63) is 11.7 Å². The lowest BCUT2D eigenvalue weighted by molar-refractivity contribution is 0.363. The molecule has 1 unspecified atom stereocenters. The molecule has 0 radical (unpaired) electrons. The molecule has 0 amide bonds. The third-order valence-electron chi connectivity index (χ3n) is 2.28. The Hall–Kier alpha value is -0.900. The van der Waals surface area contributed by atoms with Crippen LogP contribution in [0.15, 0.2) is 4.52 Å². The lowest BCUT2D eigenvalue weighted by Crippen LogP contribution is -2.21. The molecule has 14 heavy (non-hydrogen) atoms. The molecule has 0 aromatic carbocycles. The van der Waals surface area contributed by atoms with E-state index in [9.17, 15) is 0 Å². The molecule has 0 bridgehead atoms. The highest BCUT2D eigenvalue weighted by Crippen LogP contribution is 2.10. The molecule has 1 aromatic heterocycles. The largest absolute Gasteiger partial charge is 0.339 e. The van der Waals surface area contributed by atoms with Gasteiger partial charge < -0.3 is 9.84 Å².